The van der Waals surface area contributed by atoms with Gasteiger partial charge in [0, 0.05) is 10.5 Å². The van der Waals surface area contributed by atoms with Crippen LogP contribution in [0, 0.1) is 0 Å². The second kappa shape index (κ2) is 10.3. The van der Waals surface area contributed by atoms with Crippen LogP contribution in [0.5, 0.6) is 11.5 Å². The number of carbonyl (C=O) groups excluding carboxylic acids is 2. The van der Waals surface area contributed by atoms with Gasteiger partial charge in [-0.25, -0.2) is 15.6 Å². The number of nitrogens with one attached hydrogen (secondary N) is 3. The van der Waals surface area contributed by atoms with Crippen molar-refractivity contribution in [2.24, 2.45) is 5.10 Å². The number of hydrogen-bond donors (Lipinski definition) is 3. The maximum absolute atomic E-state index is 12.4. The first kappa shape index (κ1) is 21.9. The largest absolute Gasteiger partial charge is 0.490 e. The second-order valence-corrected chi connectivity index (χ2v) is 7.66. The molecule has 2 unspecified atom stereocenters. The molecule has 158 valence electrons. The molecule has 0 radical (unpaired) electrons. The second-order valence-electron chi connectivity index (χ2n) is 6.75. The molecule has 0 spiro atoms. The molecule has 0 saturated carbocycles. The van der Waals surface area contributed by atoms with Crippen LogP contribution in [0.3, 0.4) is 0 Å². The van der Waals surface area contributed by atoms with Crippen molar-refractivity contribution in [2.75, 3.05) is 6.61 Å². The van der Waals surface area contributed by atoms with Gasteiger partial charge in [-0.3, -0.25) is 10.2 Å². The fourth-order valence-electron chi connectivity index (χ4n) is 2.84. The zero-order valence-electron chi connectivity index (χ0n) is 16.6. The molecule has 2 aromatic rings. The summed E-state index contributed by atoms with van der Waals surface area (Å²) in [6.07, 6.45) is 2.20. The summed E-state index contributed by atoms with van der Waals surface area (Å²) in [5.74, 6) is 0.0205. The Hall–Kier alpha value is -2.75. The Balaban J connectivity index is 1.66. The van der Waals surface area contributed by atoms with E-state index in [1.807, 2.05) is 13.8 Å². The number of hydrazone groups is 1. The Labute approximate surface area is 183 Å². The number of nitrogens with zero attached hydrogens (tertiary/aromatic N) is 1. The molecule has 30 heavy (non-hydrogen) atoms. The van der Waals surface area contributed by atoms with Gasteiger partial charge in [0.2, 0.25) is 0 Å². The smallest absolute Gasteiger partial charge is 0.343 e. The number of halogens is 1. The van der Waals surface area contributed by atoms with E-state index in [4.69, 9.17) is 9.47 Å². The van der Waals surface area contributed by atoms with E-state index < -0.39 is 5.97 Å². The van der Waals surface area contributed by atoms with Crippen molar-refractivity contribution in [2.45, 2.75) is 32.4 Å². The fourth-order valence-corrected chi connectivity index (χ4v) is 3.10. The van der Waals surface area contributed by atoms with Crippen LogP contribution in [0.1, 0.15) is 36.2 Å². The van der Waals surface area contributed by atoms with E-state index in [1.54, 1.807) is 42.5 Å². The topological polar surface area (TPSA) is 101 Å². The minimum Gasteiger partial charge on any atom is -0.490 e. The van der Waals surface area contributed by atoms with Gasteiger partial charge in [-0.15, -0.1) is 0 Å². The number of esters is 1. The molecule has 9 heteroatoms. The van der Waals surface area contributed by atoms with E-state index in [0.717, 1.165) is 4.47 Å². The first-order valence-electron chi connectivity index (χ1n) is 9.55. The van der Waals surface area contributed by atoms with Gasteiger partial charge in [0.15, 0.2) is 11.5 Å². The number of hydrogen-bond acceptors (Lipinski definition) is 7. The summed E-state index contributed by atoms with van der Waals surface area (Å²) in [4.78, 5) is 24.5. The Morgan fingerprint density at radius 3 is 2.63 bits per heavy atom. The molecule has 3 rings (SSSR count). The maximum atomic E-state index is 12.4. The standard InChI is InChI=1S/C21H23BrN4O4/c1-3-29-19-11-14(12-23-26-20(27)17-10-13(2)24-25-17)4-9-18(19)30-21(28)15-5-7-16(22)8-6-15/h4-9,11-13,17,24-25H,3,10H2,1-2H3,(H,26,27)/b23-12+. The molecular formula is C21H23BrN4O4. The van der Waals surface area contributed by atoms with Crippen LogP contribution < -0.4 is 25.8 Å². The summed E-state index contributed by atoms with van der Waals surface area (Å²) in [6, 6.07) is 11.8. The average Bonchev–Trinajstić information content (AvgIpc) is 3.17. The molecule has 8 nitrogen and oxygen atoms in total. The highest BCUT2D eigenvalue weighted by Crippen LogP contribution is 2.29. The van der Waals surface area contributed by atoms with Crippen LogP contribution in [-0.4, -0.2) is 36.8 Å². The van der Waals surface area contributed by atoms with Crippen molar-refractivity contribution in [3.8, 4) is 11.5 Å². The zero-order chi connectivity index (χ0) is 21.5. The highest BCUT2D eigenvalue weighted by molar-refractivity contribution is 9.10. The molecule has 0 aromatic heterocycles. The summed E-state index contributed by atoms with van der Waals surface area (Å²) >= 11 is 3.34. The third kappa shape index (κ3) is 5.88. The van der Waals surface area contributed by atoms with Crippen molar-refractivity contribution in [1.29, 1.82) is 0 Å². The molecule has 1 heterocycles. The summed E-state index contributed by atoms with van der Waals surface area (Å²) < 4.78 is 12.0. The molecule has 1 aliphatic rings. The zero-order valence-corrected chi connectivity index (χ0v) is 18.2. The highest BCUT2D eigenvalue weighted by Gasteiger charge is 2.26. The van der Waals surface area contributed by atoms with E-state index in [9.17, 15) is 9.59 Å². The van der Waals surface area contributed by atoms with Crippen LogP contribution in [0.15, 0.2) is 52.0 Å². The third-order valence-corrected chi connectivity index (χ3v) is 4.88. The maximum Gasteiger partial charge on any atom is 0.343 e. The Morgan fingerprint density at radius 1 is 1.20 bits per heavy atom. The van der Waals surface area contributed by atoms with E-state index in [-0.39, 0.29) is 18.0 Å². The number of benzene rings is 2. The van der Waals surface area contributed by atoms with Gasteiger partial charge >= 0.3 is 5.97 Å². The number of rotatable bonds is 7. The lowest BCUT2D eigenvalue weighted by Gasteiger charge is -2.11. The molecule has 2 atom stereocenters. The van der Waals surface area contributed by atoms with Crippen molar-refractivity contribution in [3.05, 3.63) is 58.1 Å². The first-order chi connectivity index (χ1) is 14.5. The van der Waals surface area contributed by atoms with Gasteiger partial charge in [-0.05, 0) is 68.3 Å². The van der Waals surface area contributed by atoms with Gasteiger partial charge in [-0.1, -0.05) is 15.9 Å². The predicted molar refractivity (Wildman–Crippen MR) is 117 cm³/mol. The van der Waals surface area contributed by atoms with Crippen LogP contribution >= 0.6 is 15.9 Å². The third-order valence-electron chi connectivity index (χ3n) is 4.35. The Kier molecular flexibility index (Phi) is 7.56. The van der Waals surface area contributed by atoms with Gasteiger partial charge < -0.3 is 9.47 Å². The van der Waals surface area contributed by atoms with Crippen molar-refractivity contribution in [1.82, 2.24) is 16.3 Å². The summed E-state index contributed by atoms with van der Waals surface area (Å²) in [5, 5.41) is 4.00. The van der Waals surface area contributed by atoms with Crippen molar-refractivity contribution < 1.29 is 19.1 Å². The summed E-state index contributed by atoms with van der Waals surface area (Å²) in [7, 11) is 0. The minimum absolute atomic E-state index is 0.215. The number of amides is 1. The van der Waals surface area contributed by atoms with E-state index in [2.05, 4.69) is 37.3 Å². The van der Waals surface area contributed by atoms with Gasteiger partial charge in [-0.2, -0.15) is 5.10 Å². The predicted octanol–water partition coefficient (Wildman–Crippen LogP) is 2.77. The van der Waals surface area contributed by atoms with Crippen LogP contribution in [0.2, 0.25) is 0 Å². The minimum atomic E-state index is -0.482. The molecular weight excluding hydrogens is 452 g/mol. The lowest BCUT2D eigenvalue weighted by molar-refractivity contribution is -0.122. The van der Waals surface area contributed by atoms with E-state index in [1.165, 1.54) is 6.21 Å². The Bertz CT molecular complexity index is 933. The lowest BCUT2D eigenvalue weighted by atomic mass is 10.1. The summed E-state index contributed by atoms with van der Waals surface area (Å²) in [5.41, 5.74) is 9.54. The van der Waals surface area contributed by atoms with E-state index >= 15 is 0 Å². The van der Waals surface area contributed by atoms with Gasteiger partial charge in [0.1, 0.15) is 6.04 Å². The monoisotopic (exact) mass is 474 g/mol. The lowest BCUT2D eigenvalue weighted by Crippen LogP contribution is -2.41. The molecule has 1 saturated heterocycles. The molecule has 2 aromatic carbocycles. The quantitative estimate of drug-likeness (QED) is 0.247. The Morgan fingerprint density at radius 2 is 1.97 bits per heavy atom. The van der Waals surface area contributed by atoms with Crippen molar-refractivity contribution >= 4 is 34.0 Å². The van der Waals surface area contributed by atoms with Crippen molar-refractivity contribution in [3.63, 3.8) is 0 Å². The molecule has 1 amide bonds. The number of ether oxygens (including phenoxy) is 2. The average molecular weight is 475 g/mol. The van der Waals surface area contributed by atoms with Crippen LogP contribution in [-0.2, 0) is 4.79 Å². The van der Waals surface area contributed by atoms with E-state index in [0.29, 0.717) is 35.7 Å². The first-order valence-corrected chi connectivity index (χ1v) is 10.3. The normalized spacial score (nSPS) is 18.4. The SMILES string of the molecule is CCOc1cc(/C=N/NC(=O)C2CC(C)NN2)ccc1OC(=O)c1ccc(Br)cc1. The van der Waals surface area contributed by atoms with Gasteiger partial charge in [0.05, 0.1) is 18.4 Å². The van der Waals surface area contributed by atoms with Gasteiger partial charge in [0.25, 0.3) is 5.91 Å². The number of carbonyl (C=O) groups is 2. The molecule has 1 aliphatic heterocycles. The van der Waals surface area contributed by atoms with Crippen LogP contribution in [0.4, 0.5) is 0 Å². The summed E-state index contributed by atoms with van der Waals surface area (Å²) in [6.45, 7) is 4.23. The molecule has 0 aliphatic carbocycles. The fraction of sp³-hybridized carbons (Fsp3) is 0.286. The molecule has 3 N–H and O–H groups in total. The van der Waals surface area contributed by atoms with Crippen LogP contribution in [0.25, 0.3) is 0 Å². The highest BCUT2D eigenvalue weighted by atomic mass is 79.9. The number of hydrazine groups is 1. The molecule has 1 fully saturated rings. The molecule has 0 bridgehead atoms.